The van der Waals surface area contributed by atoms with E-state index in [-0.39, 0.29) is 5.91 Å². The van der Waals surface area contributed by atoms with Gasteiger partial charge in [-0.05, 0) is 18.5 Å². The molecule has 1 saturated heterocycles. The summed E-state index contributed by atoms with van der Waals surface area (Å²) in [6, 6.07) is 0. The Morgan fingerprint density at radius 1 is 1.44 bits per heavy atom. The summed E-state index contributed by atoms with van der Waals surface area (Å²) in [5.74, 6) is -0.00629. The minimum atomic E-state index is -0.00629. The Morgan fingerprint density at radius 2 is 2.22 bits per heavy atom. The molecule has 0 saturated carbocycles. The molecule has 18 heavy (non-hydrogen) atoms. The molecule has 0 bridgehead atoms. The first-order valence-electron chi connectivity index (χ1n) is 6.17. The van der Waals surface area contributed by atoms with E-state index in [1.165, 1.54) is 11.5 Å². The lowest BCUT2D eigenvalue weighted by Gasteiger charge is -2.34. The number of aromatic nitrogens is 2. The van der Waals surface area contributed by atoms with Crippen LogP contribution in [0.3, 0.4) is 0 Å². The molecule has 1 aromatic rings. The summed E-state index contributed by atoms with van der Waals surface area (Å²) in [4.78, 5) is 16.2. The van der Waals surface area contributed by atoms with E-state index >= 15 is 0 Å². The van der Waals surface area contributed by atoms with Crippen LogP contribution in [0.1, 0.15) is 17.4 Å². The van der Waals surface area contributed by atoms with Gasteiger partial charge in [-0.2, -0.15) is 0 Å². The molecule has 0 aliphatic carbocycles. The molecule has 0 unspecified atom stereocenters. The highest BCUT2D eigenvalue weighted by Crippen LogP contribution is 2.07. The second-order valence-corrected chi connectivity index (χ2v) is 4.73. The minimum Gasteiger partial charge on any atom is -0.380 e. The van der Waals surface area contributed by atoms with Crippen LogP contribution in [0.5, 0.6) is 0 Å². The van der Waals surface area contributed by atoms with Gasteiger partial charge in [0.2, 0.25) is 0 Å². The van der Waals surface area contributed by atoms with Gasteiger partial charge in [-0.1, -0.05) is 4.49 Å². The Hall–Kier alpha value is -1.05. The highest BCUT2D eigenvalue weighted by molar-refractivity contribution is 7.03. The number of carbonyl (C=O) groups excluding carboxylic acids is 1. The number of rotatable bonds is 5. The van der Waals surface area contributed by atoms with Crippen LogP contribution in [0.4, 0.5) is 0 Å². The lowest BCUT2D eigenvalue weighted by Crippen LogP contribution is -2.49. The lowest BCUT2D eigenvalue weighted by atomic mass is 10.3. The fraction of sp³-hybridized carbons (Fsp3) is 0.727. The van der Waals surface area contributed by atoms with Crippen molar-refractivity contribution in [3.05, 3.63) is 11.1 Å². The fourth-order valence-electron chi connectivity index (χ4n) is 1.93. The molecule has 1 aliphatic rings. The molecular weight excluding hydrogens is 252 g/mol. The van der Waals surface area contributed by atoms with Crippen molar-refractivity contribution in [2.45, 2.75) is 6.92 Å². The molecule has 100 valence electrons. The molecule has 1 amide bonds. The van der Waals surface area contributed by atoms with Crippen LogP contribution >= 0.6 is 11.5 Å². The first-order valence-corrected chi connectivity index (χ1v) is 7.01. The average Bonchev–Trinajstić information content (AvgIpc) is 2.93. The zero-order valence-electron chi connectivity index (χ0n) is 10.5. The predicted molar refractivity (Wildman–Crippen MR) is 68.7 cm³/mol. The van der Waals surface area contributed by atoms with Crippen LogP contribution in [0.25, 0.3) is 0 Å². The van der Waals surface area contributed by atoms with E-state index in [1.807, 2.05) is 11.8 Å². The van der Waals surface area contributed by atoms with Gasteiger partial charge in [-0.15, -0.1) is 5.10 Å². The number of amides is 1. The van der Waals surface area contributed by atoms with Gasteiger partial charge in [0.1, 0.15) is 0 Å². The first-order chi connectivity index (χ1) is 8.81. The van der Waals surface area contributed by atoms with E-state index in [1.54, 1.807) is 5.38 Å². The van der Waals surface area contributed by atoms with Gasteiger partial charge in [0, 0.05) is 44.7 Å². The molecule has 2 rings (SSSR count). The monoisotopic (exact) mass is 270 g/mol. The lowest BCUT2D eigenvalue weighted by molar-refractivity contribution is 0.0560. The fourth-order valence-corrected chi connectivity index (χ4v) is 2.36. The summed E-state index contributed by atoms with van der Waals surface area (Å²) >= 11 is 1.21. The molecule has 0 aromatic carbocycles. The third-order valence-corrected chi connectivity index (χ3v) is 3.50. The van der Waals surface area contributed by atoms with E-state index in [2.05, 4.69) is 14.5 Å². The molecule has 1 aliphatic heterocycles. The number of carbonyl (C=O) groups is 1. The second kappa shape index (κ2) is 6.77. The normalized spacial score (nSPS) is 17.1. The van der Waals surface area contributed by atoms with Crippen molar-refractivity contribution in [1.29, 1.82) is 0 Å². The Labute approximate surface area is 111 Å². The number of hydrogen-bond donors (Lipinski definition) is 0. The van der Waals surface area contributed by atoms with E-state index in [0.717, 1.165) is 45.9 Å². The van der Waals surface area contributed by atoms with Gasteiger partial charge in [0.25, 0.3) is 5.91 Å². The zero-order chi connectivity index (χ0) is 12.8. The van der Waals surface area contributed by atoms with E-state index in [4.69, 9.17) is 4.74 Å². The maximum absolute atomic E-state index is 12.0. The van der Waals surface area contributed by atoms with Gasteiger partial charge in [0.05, 0.1) is 6.61 Å². The highest BCUT2D eigenvalue weighted by Gasteiger charge is 2.23. The van der Waals surface area contributed by atoms with Crippen LogP contribution in [0, 0.1) is 0 Å². The van der Waals surface area contributed by atoms with Crippen molar-refractivity contribution in [1.82, 2.24) is 19.4 Å². The van der Waals surface area contributed by atoms with E-state index in [9.17, 15) is 4.79 Å². The molecule has 2 heterocycles. The summed E-state index contributed by atoms with van der Waals surface area (Å²) < 4.78 is 9.05. The van der Waals surface area contributed by atoms with Gasteiger partial charge < -0.3 is 9.64 Å². The van der Waals surface area contributed by atoms with Crippen molar-refractivity contribution in [3.8, 4) is 0 Å². The van der Waals surface area contributed by atoms with Crippen LogP contribution in [-0.4, -0.2) is 71.2 Å². The van der Waals surface area contributed by atoms with E-state index < -0.39 is 0 Å². The van der Waals surface area contributed by atoms with Crippen molar-refractivity contribution in [2.24, 2.45) is 0 Å². The first kappa shape index (κ1) is 13.4. The largest absolute Gasteiger partial charge is 0.380 e. The Bertz CT molecular complexity index is 363. The average molecular weight is 270 g/mol. The summed E-state index contributed by atoms with van der Waals surface area (Å²) in [6.45, 7) is 7.76. The van der Waals surface area contributed by atoms with Crippen LogP contribution < -0.4 is 0 Å². The summed E-state index contributed by atoms with van der Waals surface area (Å²) in [6.07, 6.45) is 0. The van der Waals surface area contributed by atoms with Crippen molar-refractivity contribution in [3.63, 3.8) is 0 Å². The zero-order valence-corrected chi connectivity index (χ0v) is 11.4. The summed E-state index contributed by atoms with van der Waals surface area (Å²) in [5, 5.41) is 5.51. The number of ether oxygens (including phenoxy) is 1. The smallest absolute Gasteiger partial charge is 0.275 e. The third-order valence-electron chi connectivity index (χ3n) is 2.99. The number of hydrogen-bond acceptors (Lipinski definition) is 6. The molecule has 0 spiro atoms. The van der Waals surface area contributed by atoms with E-state index in [0.29, 0.717) is 5.69 Å². The number of nitrogens with zero attached hydrogens (tertiary/aromatic N) is 4. The molecule has 0 N–H and O–H groups in total. The summed E-state index contributed by atoms with van der Waals surface area (Å²) in [7, 11) is 0. The molecule has 1 fully saturated rings. The van der Waals surface area contributed by atoms with Crippen LogP contribution in [0.2, 0.25) is 0 Å². The Morgan fingerprint density at radius 3 is 2.83 bits per heavy atom. The third kappa shape index (κ3) is 3.47. The maximum atomic E-state index is 12.0. The molecular formula is C11H18N4O2S. The highest BCUT2D eigenvalue weighted by atomic mass is 32.1. The molecule has 1 aromatic heterocycles. The molecule has 0 radical (unpaired) electrons. The van der Waals surface area contributed by atoms with Gasteiger partial charge in [-0.3, -0.25) is 9.69 Å². The maximum Gasteiger partial charge on any atom is 0.275 e. The molecule has 0 atom stereocenters. The SMILES string of the molecule is CCOCCN1CCN(C(=O)c2csnn2)CC1. The van der Waals surface area contributed by atoms with Gasteiger partial charge in [-0.25, -0.2) is 0 Å². The van der Waals surface area contributed by atoms with Gasteiger partial charge in [0.15, 0.2) is 5.69 Å². The van der Waals surface area contributed by atoms with Crippen molar-refractivity contribution in [2.75, 3.05) is 45.9 Å². The minimum absolute atomic E-state index is 0.00629. The van der Waals surface area contributed by atoms with Crippen molar-refractivity contribution >= 4 is 17.4 Å². The predicted octanol–water partition coefficient (Wildman–Crippen LogP) is 0.332. The molecule has 6 nitrogen and oxygen atoms in total. The van der Waals surface area contributed by atoms with Crippen molar-refractivity contribution < 1.29 is 9.53 Å². The second-order valence-electron chi connectivity index (χ2n) is 4.12. The molecule has 7 heteroatoms. The quantitative estimate of drug-likeness (QED) is 0.722. The summed E-state index contributed by atoms with van der Waals surface area (Å²) in [5.41, 5.74) is 0.461. The van der Waals surface area contributed by atoms with Gasteiger partial charge >= 0.3 is 0 Å². The van der Waals surface area contributed by atoms with Crippen LogP contribution in [-0.2, 0) is 4.74 Å². The number of piperazine rings is 1. The topological polar surface area (TPSA) is 58.6 Å². The Balaban J connectivity index is 1.75. The Kier molecular flexibility index (Phi) is 5.03. The standard InChI is InChI=1S/C11H18N4O2S/c1-2-17-8-7-14-3-5-15(6-4-14)11(16)10-9-18-13-12-10/h9H,2-8H2,1H3. The van der Waals surface area contributed by atoms with Crippen LogP contribution in [0.15, 0.2) is 5.38 Å².